The fourth-order valence-corrected chi connectivity index (χ4v) is 1.54. The van der Waals surface area contributed by atoms with Crippen molar-refractivity contribution in [3.05, 3.63) is 48.7 Å². The van der Waals surface area contributed by atoms with Gasteiger partial charge in [-0.3, -0.25) is 4.98 Å². The standard InChI is InChI=1S/C13H13FN4O/c1-17(2)13(19)18(12-9-15-7-8-16-12)11-5-3-10(14)4-6-11/h3-9H,1-2H3. The molecule has 0 spiro atoms. The van der Waals surface area contributed by atoms with Crippen LogP contribution in [0, 0.1) is 5.82 Å². The van der Waals surface area contributed by atoms with Crippen molar-refractivity contribution >= 4 is 17.5 Å². The summed E-state index contributed by atoms with van der Waals surface area (Å²) in [4.78, 5) is 23.0. The van der Waals surface area contributed by atoms with Crippen LogP contribution in [0.5, 0.6) is 0 Å². The first-order chi connectivity index (χ1) is 9.09. The molecule has 1 aromatic heterocycles. The Labute approximate surface area is 110 Å². The minimum Gasteiger partial charge on any atom is -0.330 e. The highest BCUT2D eigenvalue weighted by atomic mass is 19.1. The normalized spacial score (nSPS) is 10.1. The van der Waals surface area contributed by atoms with Crippen LogP contribution in [0.25, 0.3) is 0 Å². The minimum atomic E-state index is -0.361. The fourth-order valence-electron chi connectivity index (χ4n) is 1.54. The molecule has 0 radical (unpaired) electrons. The summed E-state index contributed by atoms with van der Waals surface area (Å²) in [5.74, 6) is 0.0213. The van der Waals surface area contributed by atoms with Crippen molar-refractivity contribution in [1.29, 1.82) is 0 Å². The summed E-state index contributed by atoms with van der Waals surface area (Å²) in [6.45, 7) is 0. The number of anilines is 2. The maximum absolute atomic E-state index is 13.0. The van der Waals surface area contributed by atoms with Crippen LogP contribution in [-0.4, -0.2) is 35.0 Å². The van der Waals surface area contributed by atoms with Gasteiger partial charge >= 0.3 is 6.03 Å². The number of halogens is 1. The highest BCUT2D eigenvalue weighted by molar-refractivity contribution is 5.98. The van der Waals surface area contributed by atoms with Gasteiger partial charge in [0.15, 0.2) is 5.82 Å². The smallest absolute Gasteiger partial charge is 0.329 e. The van der Waals surface area contributed by atoms with E-state index in [-0.39, 0.29) is 11.8 Å². The first kappa shape index (κ1) is 12.9. The van der Waals surface area contributed by atoms with Crippen LogP contribution in [0.4, 0.5) is 20.7 Å². The Hall–Kier alpha value is -2.50. The Morgan fingerprint density at radius 1 is 1.16 bits per heavy atom. The van der Waals surface area contributed by atoms with E-state index in [0.717, 1.165) is 0 Å². The largest absolute Gasteiger partial charge is 0.330 e. The van der Waals surface area contributed by atoms with Crippen LogP contribution < -0.4 is 4.90 Å². The molecule has 0 saturated heterocycles. The Bertz CT molecular complexity index is 557. The van der Waals surface area contributed by atoms with Crippen LogP contribution in [0.3, 0.4) is 0 Å². The average molecular weight is 260 g/mol. The number of carbonyl (C=O) groups excluding carboxylic acids is 1. The third-order valence-electron chi connectivity index (χ3n) is 2.44. The average Bonchev–Trinajstić information content (AvgIpc) is 2.42. The van der Waals surface area contributed by atoms with E-state index in [0.29, 0.717) is 11.5 Å². The molecule has 0 saturated carbocycles. The number of carbonyl (C=O) groups is 1. The van der Waals surface area contributed by atoms with E-state index in [1.54, 1.807) is 14.1 Å². The van der Waals surface area contributed by atoms with Gasteiger partial charge < -0.3 is 4.90 Å². The second-order valence-corrected chi connectivity index (χ2v) is 4.05. The highest BCUT2D eigenvalue weighted by Crippen LogP contribution is 2.24. The lowest BCUT2D eigenvalue weighted by Gasteiger charge is -2.24. The third-order valence-corrected chi connectivity index (χ3v) is 2.44. The topological polar surface area (TPSA) is 49.3 Å². The van der Waals surface area contributed by atoms with Gasteiger partial charge in [-0.25, -0.2) is 19.1 Å². The second-order valence-electron chi connectivity index (χ2n) is 4.05. The lowest BCUT2D eigenvalue weighted by molar-refractivity contribution is 0.226. The number of amides is 2. The molecule has 0 fully saturated rings. The fraction of sp³-hybridized carbons (Fsp3) is 0.154. The molecule has 0 bridgehead atoms. The number of rotatable bonds is 2. The molecule has 0 aliphatic heterocycles. The molecule has 2 amide bonds. The van der Waals surface area contributed by atoms with Gasteiger partial charge in [0.25, 0.3) is 0 Å². The molecule has 6 heteroatoms. The van der Waals surface area contributed by atoms with Crippen molar-refractivity contribution < 1.29 is 9.18 Å². The monoisotopic (exact) mass is 260 g/mol. The molecule has 0 unspecified atom stereocenters. The van der Waals surface area contributed by atoms with Crippen LogP contribution in [0.2, 0.25) is 0 Å². The van der Waals surface area contributed by atoms with Gasteiger partial charge in [0.05, 0.1) is 11.9 Å². The molecule has 2 rings (SSSR count). The molecular weight excluding hydrogens is 247 g/mol. The van der Waals surface area contributed by atoms with Crippen molar-refractivity contribution in [2.24, 2.45) is 0 Å². The number of hydrogen-bond acceptors (Lipinski definition) is 3. The Balaban J connectivity index is 2.46. The van der Waals surface area contributed by atoms with E-state index in [4.69, 9.17) is 0 Å². The highest BCUT2D eigenvalue weighted by Gasteiger charge is 2.20. The molecule has 0 N–H and O–H groups in total. The maximum Gasteiger partial charge on any atom is 0.329 e. The van der Waals surface area contributed by atoms with Crippen molar-refractivity contribution in [2.75, 3.05) is 19.0 Å². The van der Waals surface area contributed by atoms with E-state index in [2.05, 4.69) is 9.97 Å². The van der Waals surface area contributed by atoms with Crippen molar-refractivity contribution in [1.82, 2.24) is 14.9 Å². The summed E-state index contributed by atoms with van der Waals surface area (Å²) in [6, 6.07) is 5.34. The number of benzene rings is 1. The zero-order chi connectivity index (χ0) is 13.8. The van der Waals surface area contributed by atoms with Gasteiger partial charge in [-0.05, 0) is 24.3 Å². The van der Waals surface area contributed by atoms with Crippen molar-refractivity contribution in [2.45, 2.75) is 0 Å². The zero-order valence-corrected chi connectivity index (χ0v) is 10.6. The Morgan fingerprint density at radius 3 is 2.37 bits per heavy atom. The van der Waals surface area contributed by atoms with Gasteiger partial charge in [-0.2, -0.15) is 0 Å². The number of aromatic nitrogens is 2. The molecule has 2 aromatic rings. The summed E-state index contributed by atoms with van der Waals surface area (Å²) in [6.07, 6.45) is 4.49. The van der Waals surface area contributed by atoms with E-state index < -0.39 is 0 Å². The quantitative estimate of drug-likeness (QED) is 0.833. The Kier molecular flexibility index (Phi) is 3.70. The second kappa shape index (κ2) is 5.43. The van der Waals surface area contributed by atoms with Gasteiger partial charge in [0, 0.05) is 26.5 Å². The van der Waals surface area contributed by atoms with E-state index in [1.807, 2.05) is 0 Å². The molecular formula is C13H13FN4O. The van der Waals surface area contributed by atoms with Gasteiger partial charge in [-0.1, -0.05) is 0 Å². The van der Waals surface area contributed by atoms with E-state index in [9.17, 15) is 9.18 Å². The first-order valence-electron chi connectivity index (χ1n) is 5.62. The van der Waals surface area contributed by atoms with Gasteiger partial charge in [-0.15, -0.1) is 0 Å². The number of hydrogen-bond donors (Lipinski definition) is 0. The van der Waals surface area contributed by atoms with Gasteiger partial charge in [0.2, 0.25) is 0 Å². The molecule has 98 valence electrons. The predicted octanol–water partition coefficient (Wildman–Crippen LogP) is 2.44. The lowest BCUT2D eigenvalue weighted by atomic mass is 10.3. The van der Waals surface area contributed by atoms with Crippen LogP contribution >= 0.6 is 0 Å². The molecule has 5 nitrogen and oxygen atoms in total. The van der Waals surface area contributed by atoms with Crippen LogP contribution in [0.1, 0.15) is 0 Å². The first-order valence-corrected chi connectivity index (χ1v) is 5.62. The zero-order valence-electron chi connectivity index (χ0n) is 10.6. The predicted molar refractivity (Wildman–Crippen MR) is 69.7 cm³/mol. The summed E-state index contributed by atoms with van der Waals surface area (Å²) in [5.41, 5.74) is 0.528. The number of nitrogens with zero attached hydrogens (tertiary/aromatic N) is 4. The third kappa shape index (κ3) is 2.85. The van der Waals surface area contributed by atoms with Crippen LogP contribution in [-0.2, 0) is 0 Å². The summed E-state index contributed by atoms with van der Waals surface area (Å²) >= 11 is 0. The van der Waals surface area contributed by atoms with Gasteiger partial charge in [0.1, 0.15) is 5.82 Å². The molecule has 19 heavy (non-hydrogen) atoms. The molecule has 1 heterocycles. The number of urea groups is 1. The summed E-state index contributed by atoms with van der Waals surface area (Å²) in [7, 11) is 3.27. The summed E-state index contributed by atoms with van der Waals surface area (Å²) < 4.78 is 13.0. The maximum atomic E-state index is 13.0. The molecule has 0 aliphatic rings. The molecule has 0 atom stereocenters. The lowest BCUT2D eigenvalue weighted by Crippen LogP contribution is -2.36. The van der Waals surface area contributed by atoms with E-state index >= 15 is 0 Å². The Morgan fingerprint density at radius 2 is 1.84 bits per heavy atom. The molecule has 1 aromatic carbocycles. The minimum absolute atomic E-state index is 0.285. The summed E-state index contributed by atoms with van der Waals surface area (Å²) in [5, 5.41) is 0. The molecule has 0 aliphatic carbocycles. The SMILES string of the molecule is CN(C)C(=O)N(c1ccc(F)cc1)c1cnccn1. The van der Waals surface area contributed by atoms with Crippen molar-refractivity contribution in [3.63, 3.8) is 0 Å². The van der Waals surface area contributed by atoms with Crippen LogP contribution in [0.15, 0.2) is 42.9 Å². The van der Waals surface area contributed by atoms with E-state index in [1.165, 1.54) is 52.7 Å². The van der Waals surface area contributed by atoms with Crippen molar-refractivity contribution in [3.8, 4) is 0 Å².